The van der Waals surface area contributed by atoms with E-state index in [4.69, 9.17) is 11.6 Å². The van der Waals surface area contributed by atoms with Gasteiger partial charge in [-0.3, -0.25) is 0 Å². The van der Waals surface area contributed by atoms with Gasteiger partial charge in [0.05, 0.1) is 5.02 Å². The van der Waals surface area contributed by atoms with Crippen molar-refractivity contribution in [3.63, 3.8) is 0 Å². The van der Waals surface area contributed by atoms with Crippen LogP contribution in [0, 0.1) is 11.7 Å². The van der Waals surface area contributed by atoms with Crippen LogP contribution in [-0.4, -0.2) is 4.83 Å². The van der Waals surface area contributed by atoms with Gasteiger partial charge in [0.2, 0.25) is 0 Å². The summed E-state index contributed by atoms with van der Waals surface area (Å²) in [5.41, 5.74) is 0.898. The van der Waals surface area contributed by atoms with Gasteiger partial charge in [-0.05, 0) is 36.8 Å². The van der Waals surface area contributed by atoms with E-state index >= 15 is 0 Å². The average molecular weight is 308 g/mol. The zero-order valence-electron chi connectivity index (χ0n) is 9.64. The van der Waals surface area contributed by atoms with Gasteiger partial charge in [-0.1, -0.05) is 53.5 Å². The molecule has 1 atom stereocenters. The minimum Gasteiger partial charge on any atom is -0.205 e. The quantitative estimate of drug-likeness (QED) is 0.654. The van der Waals surface area contributed by atoms with Gasteiger partial charge in [-0.15, -0.1) is 0 Å². The van der Waals surface area contributed by atoms with Crippen LogP contribution in [0.4, 0.5) is 4.39 Å². The molecular formula is C13H17BrClF. The molecule has 1 aromatic carbocycles. The Balaban J connectivity index is 2.51. The summed E-state index contributed by atoms with van der Waals surface area (Å²) in [4.78, 5) is 0.479. The summed E-state index contributed by atoms with van der Waals surface area (Å²) in [5.74, 6) is 0.349. The number of hydrogen-bond acceptors (Lipinski definition) is 0. The Morgan fingerprint density at radius 3 is 2.69 bits per heavy atom. The zero-order chi connectivity index (χ0) is 12.1. The summed E-state index contributed by atoms with van der Waals surface area (Å²) >= 11 is 9.53. The Morgan fingerprint density at radius 1 is 1.38 bits per heavy atom. The summed E-state index contributed by atoms with van der Waals surface area (Å²) in [6.45, 7) is 4.40. The molecule has 90 valence electrons. The van der Waals surface area contributed by atoms with Crippen LogP contribution in [0.1, 0.15) is 32.3 Å². The van der Waals surface area contributed by atoms with Crippen molar-refractivity contribution in [2.75, 3.05) is 0 Å². The molecule has 0 aromatic heterocycles. The number of aryl methyl sites for hydroxylation is 1. The maximum Gasteiger partial charge on any atom is 0.142 e. The summed E-state index contributed by atoms with van der Waals surface area (Å²) < 4.78 is 13.2. The molecule has 0 saturated heterocycles. The standard InChI is InChI=1S/C13H17BrClF/c1-9(2)8-11(14)7-6-10-4-3-5-12(16)13(10)15/h3-5,9,11H,6-8H2,1-2H3. The molecule has 0 nitrogen and oxygen atoms in total. The first-order valence-electron chi connectivity index (χ1n) is 5.57. The highest BCUT2D eigenvalue weighted by Gasteiger charge is 2.10. The monoisotopic (exact) mass is 306 g/mol. The molecule has 0 radical (unpaired) electrons. The fraction of sp³-hybridized carbons (Fsp3) is 0.538. The predicted molar refractivity (Wildman–Crippen MR) is 71.9 cm³/mol. The fourth-order valence-corrected chi connectivity index (χ4v) is 2.88. The lowest BCUT2D eigenvalue weighted by Gasteiger charge is -2.12. The maximum atomic E-state index is 13.2. The van der Waals surface area contributed by atoms with E-state index < -0.39 is 0 Å². The van der Waals surface area contributed by atoms with Gasteiger partial charge in [0, 0.05) is 4.83 Å². The SMILES string of the molecule is CC(C)CC(Br)CCc1cccc(F)c1Cl. The van der Waals surface area contributed by atoms with Gasteiger partial charge in [0.15, 0.2) is 0 Å². The van der Waals surface area contributed by atoms with E-state index in [-0.39, 0.29) is 10.8 Å². The molecule has 1 aromatic rings. The molecule has 0 amide bonds. The number of rotatable bonds is 5. The summed E-state index contributed by atoms with van der Waals surface area (Å²) in [5, 5.41) is 0.270. The van der Waals surface area contributed by atoms with E-state index in [1.165, 1.54) is 6.07 Å². The van der Waals surface area contributed by atoms with Crippen molar-refractivity contribution in [2.24, 2.45) is 5.92 Å². The molecule has 0 fully saturated rings. The molecular weight excluding hydrogens is 290 g/mol. The maximum absolute atomic E-state index is 13.2. The highest BCUT2D eigenvalue weighted by molar-refractivity contribution is 9.09. The van der Waals surface area contributed by atoms with Gasteiger partial charge in [0.1, 0.15) is 5.82 Å². The molecule has 0 spiro atoms. The Morgan fingerprint density at radius 2 is 2.06 bits per heavy atom. The smallest absolute Gasteiger partial charge is 0.142 e. The van der Waals surface area contributed by atoms with Crippen LogP contribution >= 0.6 is 27.5 Å². The molecule has 0 N–H and O–H groups in total. The Bertz CT molecular complexity index is 339. The fourth-order valence-electron chi connectivity index (χ4n) is 1.68. The Labute approximate surface area is 110 Å². The minimum atomic E-state index is -0.325. The van der Waals surface area contributed by atoms with Crippen molar-refractivity contribution in [2.45, 2.75) is 37.9 Å². The lowest BCUT2D eigenvalue weighted by atomic mass is 10.0. The highest BCUT2D eigenvalue weighted by atomic mass is 79.9. The van der Waals surface area contributed by atoms with Crippen LogP contribution in [0.5, 0.6) is 0 Å². The lowest BCUT2D eigenvalue weighted by Crippen LogP contribution is -2.04. The second-order valence-corrected chi connectivity index (χ2v) is 6.15. The second kappa shape index (κ2) is 6.61. The molecule has 0 heterocycles. The lowest BCUT2D eigenvalue weighted by molar-refractivity contribution is 0.553. The normalized spacial score (nSPS) is 13.1. The average Bonchev–Trinajstić information content (AvgIpc) is 2.19. The van der Waals surface area contributed by atoms with Crippen LogP contribution in [-0.2, 0) is 6.42 Å². The second-order valence-electron chi connectivity index (χ2n) is 4.48. The van der Waals surface area contributed by atoms with Gasteiger partial charge in [-0.25, -0.2) is 4.39 Å². The van der Waals surface area contributed by atoms with Crippen molar-refractivity contribution >= 4 is 27.5 Å². The van der Waals surface area contributed by atoms with Gasteiger partial charge >= 0.3 is 0 Å². The number of benzene rings is 1. The first-order valence-corrected chi connectivity index (χ1v) is 6.87. The van der Waals surface area contributed by atoms with Crippen molar-refractivity contribution < 1.29 is 4.39 Å². The van der Waals surface area contributed by atoms with Crippen LogP contribution in [0.15, 0.2) is 18.2 Å². The van der Waals surface area contributed by atoms with Crippen molar-refractivity contribution in [3.05, 3.63) is 34.6 Å². The van der Waals surface area contributed by atoms with E-state index in [1.807, 2.05) is 6.07 Å². The minimum absolute atomic E-state index is 0.270. The Hall–Kier alpha value is -0.0800. The van der Waals surface area contributed by atoms with Crippen LogP contribution < -0.4 is 0 Å². The van der Waals surface area contributed by atoms with E-state index in [2.05, 4.69) is 29.8 Å². The van der Waals surface area contributed by atoms with Gasteiger partial charge in [-0.2, -0.15) is 0 Å². The molecule has 0 bridgehead atoms. The topological polar surface area (TPSA) is 0 Å². The van der Waals surface area contributed by atoms with E-state index in [1.54, 1.807) is 6.07 Å². The first kappa shape index (κ1) is 14.0. The summed E-state index contributed by atoms with van der Waals surface area (Å²) in [7, 11) is 0. The van der Waals surface area contributed by atoms with Crippen LogP contribution in [0.25, 0.3) is 0 Å². The number of alkyl halides is 1. The largest absolute Gasteiger partial charge is 0.205 e. The molecule has 16 heavy (non-hydrogen) atoms. The molecule has 0 saturated carbocycles. The third-order valence-corrected chi connectivity index (χ3v) is 3.74. The molecule has 3 heteroatoms. The molecule has 1 rings (SSSR count). The highest BCUT2D eigenvalue weighted by Crippen LogP contribution is 2.24. The van der Waals surface area contributed by atoms with E-state index in [9.17, 15) is 4.39 Å². The molecule has 1 unspecified atom stereocenters. The van der Waals surface area contributed by atoms with Crippen molar-refractivity contribution in [1.82, 2.24) is 0 Å². The first-order chi connectivity index (χ1) is 7.50. The van der Waals surface area contributed by atoms with E-state index in [0.29, 0.717) is 10.7 Å². The molecule has 0 aliphatic rings. The van der Waals surface area contributed by atoms with Crippen LogP contribution in [0.2, 0.25) is 5.02 Å². The number of halogens is 3. The predicted octanol–water partition coefficient (Wildman–Crippen LogP) is 5.22. The van der Waals surface area contributed by atoms with Gasteiger partial charge in [0.25, 0.3) is 0 Å². The van der Waals surface area contributed by atoms with Crippen molar-refractivity contribution in [1.29, 1.82) is 0 Å². The van der Waals surface area contributed by atoms with Gasteiger partial charge < -0.3 is 0 Å². The molecule has 0 aliphatic carbocycles. The zero-order valence-corrected chi connectivity index (χ0v) is 12.0. The van der Waals surface area contributed by atoms with E-state index in [0.717, 1.165) is 24.8 Å². The third-order valence-electron chi connectivity index (χ3n) is 2.49. The van der Waals surface area contributed by atoms with Crippen molar-refractivity contribution in [3.8, 4) is 0 Å². The van der Waals surface area contributed by atoms with Crippen LogP contribution in [0.3, 0.4) is 0 Å². The summed E-state index contributed by atoms with van der Waals surface area (Å²) in [6.07, 6.45) is 2.94. The summed E-state index contributed by atoms with van der Waals surface area (Å²) in [6, 6.07) is 4.99. The number of hydrogen-bond donors (Lipinski definition) is 0. The third kappa shape index (κ3) is 4.42. The molecule has 0 aliphatic heterocycles. The Kier molecular flexibility index (Phi) is 5.77.